The molecule has 0 fully saturated rings. The average molecular weight is 362 g/mol. The Bertz CT molecular complexity index is 908. The van der Waals surface area contributed by atoms with Crippen LogP contribution in [0.3, 0.4) is 0 Å². The third-order valence-electron chi connectivity index (χ3n) is 4.12. The lowest BCUT2D eigenvalue weighted by atomic mass is 10.2. The van der Waals surface area contributed by atoms with Gasteiger partial charge in [-0.3, -0.25) is 4.79 Å². The van der Waals surface area contributed by atoms with E-state index in [9.17, 15) is 4.79 Å². The predicted molar refractivity (Wildman–Crippen MR) is 107 cm³/mol. The second kappa shape index (κ2) is 8.31. The van der Waals surface area contributed by atoms with Gasteiger partial charge in [0.1, 0.15) is 11.4 Å². The molecule has 3 rings (SSSR count). The van der Waals surface area contributed by atoms with E-state index >= 15 is 0 Å². The van der Waals surface area contributed by atoms with Gasteiger partial charge in [0, 0.05) is 17.9 Å². The van der Waals surface area contributed by atoms with Crippen LogP contribution in [0.2, 0.25) is 0 Å². The lowest BCUT2D eigenvalue weighted by Gasteiger charge is -2.22. The van der Waals surface area contributed by atoms with Crippen molar-refractivity contribution in [3.63, 3.8) is 0 Å². The minimum atomic E-state index is -0.308. The van der Waals surface area contributed by atoms with Crippen molar-refractivity contribution in [1.82, 2.24) is 9.97 Å². The fraction of sp³-hybridized carbons (Fsp3) is 0.190. The number of methoxy groups -OCH3 is 1. The molecule has 1 N–H and O–H groups in total. The van der Waals surface area contributed by atoms with E-state index in [0.717, 1.165) is 18.0 Å². The van der Waals surface area contributed by atoms with Crippen molar-refractivity contribution in [2.45, 2.75) is 13.8 Å². The van der Waals surface area contributed by atoms with Gasteiger partial charge < -0.3 is 15.0 Å². The number of anilines is 3. The molecule has 0 spiro atoms. The molecule has 6 nitrogen and oxygen atoms in total. The van der Waals surface area contributed by atoms with Crippen LogP contribution in [0.5, 0.6) is 5.75 Å². The highest BCUT2D eigenvalue weighted by molar-refractivity contribution is 6.02. The zero-order valence-corrected chi connectivity index (χ0v) is 15.6. The van der Waals surface area contributed by atoms with E-state index in [1.165, 1.54) is 11.8 Å². The number of nitrogens with zero attached hydrogens (tertiary/aromatic N) is 3. The van der Waals surface area contributed by atoms with Gasteiger partial charge in [-0.2, -0.15) is 0 Å². The fourth-order valence-corrected chi connectivity index (χ4v) is 2.72. The summed E-state index contributed by atoms with van der Waals surface area (Å²) in [6.45, 7) is 4.85. The van der Waals surface area contributed by atoms with Gasteiger partial charge in [-0.15, -0.1) is 0 Å². The summed E-state index contributed by atoms with van der Waals surface area (Å²) < 4.78 is 5.11. The number of aryl methyl sites for hydroxylation is 1. The van der Waals surface area contributed by atoms with Crippen molar-refractivity contribution in [2.24, 2.45) is 0 Å². The molecule has 1 heterocycles. The van der Waals surface area contributed by atoms with E-state index in [1.807, 2.05) is 24.0 Å². The number of nitrogens with one attached hydrogen (secondary N) is 1. The molecule has 2 aromatic carbocycles. The first-order valence-corrected chi connectivity index (χ1v) is 8.72. The Balaban J connectivity index is 1.74. The molecule has 0 unspecified atom stereocenters. The first-order valence-electron chi connectivity index (χ1n) is 8.72. The standard InChI is InChI=1S/C21H22N4O2/c1-4-25(17-7-5-6-15(2)12-17)20-14-22-19(13-23-20)21(26)24-16-8-10-18(27-3)11-9-16/h5-14H,4H2,1-3H3,(H,24,26). The van der Waals surface area contributed by atoms with E-state index in [0.29, 0.717) is 11.5 Å². The van der Waals surface area contributed by atoms with Crippen LogP contribution in [0.15, 0.2) is 60.9 Å². The summed E-state index contributed by atoms with van der Waals surface area (Å²) in [7, 11) is 1.60. The molecule has 0 bridgehead atoms. The van der Waals surface area contributed by atoms with E-state index in [1.54, 1.807) is 37.6 Å². The molecule has 0 saturated heterocycles. The Kier molecular flexibility index (Phi) is 5.66. The number of carbonyl (C=O) groups excluding carboxylic acids is 1. The average Bonchev–Trinajstić information content (AvgIpc) is 2.70. The summed E-state index contributed by atoms with van der Waals surface area (Å²) in [5, 5.41) is 2.80. The topological polar surface area (TPSA) is 67.4 Å². The number of benzene rings is 2. The van der Waals surface area contributed by atoms with E-state index < -0.39 is 0 Å². The highest BCUT2D eigenvalue weighted by Crippen LogP contribution is 2.23. The second-order valence-electron chi connectivity index (χ2n) is 6.03. The maximum absolute atomic E-state index is 12.4. The molecule has 6 heteroatoms. The zero-order chi connectivity index (χ0) is 19.2. The number of rotatable bonds is 6. The first-order chi connectivity index (χ1) is 13.1. The number of carbonyl (C=O) groups is 1. The SMILES string of the molecule is CCN(c1cccc(C)c1)c1cnc(C(=O)Nc2ccc(OC)cc2)cn1. The summed E-state index contributed by atoms with van der Waals surface area (Å²) >= 11 is 0. The van der Waals surface area contributed by atoms with Crippen LogP contribution in [0.4, 0.5) is 17.2 Å². The predicted octanol–water partition coefficient (Wildman–Crippen LogP) is 4.20. The number of hydrogen-bond acceptors (Lipinski definition) is 5. The van der Waals surface area contributed by atoms with E-state index in [4.69, 9.17) is 4.74 Å². The molecule has 0 atom stereocenters. The molecule has 3 aromatic rings. The lowest BCUT2D eigenvalue weighted by Crippen LogP contribution is -2.19. The summed E-state index contributed by atoms with van der Waals surface area (Å²) in [6, 6.07) is 15.3. The molecular weight excluding hydrogens is 340 g/mol. The number of aromatic nitrogens is 2. The second-order valence-corrected chi connectivity index (χ2v) is 6.03. The first kappa shape index (κ1) is 18.4. The van der Waals surface area contributed by atoms with Crippen molar-refractivity contribution < 1.29 is 9.53 Å². The quantitative estimate of drug-likeness (QED) is 0.712. The molecule has 0 aliphatic rings. The zero-order valence-electron chi connectivity index (χ0n) is 15.6. The third kappa shape index (κ3) is 4.41. The molecule has 0 saturated carbocycles. The van der Waals surface area contributed by atoms with Gasteiger partial charge in [-0.1, -0.05) is 12.1 Å². The van der Waals surface area contributed by atoms with Gasteiger partial charge in [0.05, 0.1) is 19.5 Å². The molecule has 1 amide bonds. The van der Waals surface area contributed by atoms with Crippen LogP contribution in [0.1, 0.15) is 23.0 Å². The van der Waals surface area contributed by atoms with Gasteiger partial charge in [-0.25, -0.2) is 9.97 Å². The molecule has 0 aliphatic carbocycles. The van der Waals surface area contributed by atoms with Crippen LogP contribution in [-0.2, 0) is 0 Å². The Labute approximate surface area is 158 Å². The van der Waals surface area contributed by atoms with Crippen LogP contribution < -0.4 is 15.0 Å². The van der Waals surface area contributed by atoms with Crippen LogP contribution in [0.25, 0.3) is 0 Å². The van der Waals surface area contributed by atoms with Gasteiger partial charge in [0.25, 0.3) is 5.91 Å². The highest BCUT2D eigenvalue weighted by Gasteiger charge is 2.12. The summed E-state index contributed by atoms with van der Waals surface area (Å²) in [5.74, 6) is 1.12. The van der Waals surface area contributed by atoms with Crippen molar-refractivity contribution in [3.05, 3.63) is 72.2 Å². The Hall–Kier alpha value is -3.41. The Morgan fingerprint density at radius 1 is 1.11 bits per heavy atom. The van der Waals surface area contributed by atoms with E-state index in [2.05, 4.69) is 34.3 Å². The Morgan fingerprint density at radius 2 is 1.89 bits per heavy atom. The third-order valence-corrected chi connectivity index (χ3v) is 4.12. The van der Waals surface area contributed by atoms with Crippen molar-refractivity contribution in [1.29, 1.82) is 0 Å². The van der Waals surface area contributed by atoms with Crippen LogP contribution >= 0.6 is 0 Å². The minimum Gasteiger partial charge on any atom is -0.497 e. The maximum Gasteiger partial charge on any atom is 0.275 e. The summed E-state index contributed by atoms with van der Waals surface area (Å²) in [5.41, 5.74) is 3.15. The molecule has 0 radical (unpaired) electrons. The van der Waals surface area contributed by atoms with Gasteiger partial charge in [0.15, 0.2) is 5.82 Å². The van der Waals surface area contributed by atoms with Crippen LogP contribution in [-0.4, -0.2) is 29.5 Å². The molecule has 138 valence electrons. The minimum absolute atomic E-state index is 0.259. The van der Waals surface area contributed by atoms with E-state index in [-0.39, 0.29) is 11.6 Å². The monoisotopic (exact) mass is 362 g/mol. The summed E-state index contributed by atoms with van der Waals surface area (Å²) in [6.07, 6.45) is 3.11. The van der Waals surface area contributed by atoms with Gasteiger partial charge in [0.2, 0.25) is 0 Å². The molecule has 1 aromatic heterocycles. The molecule has 27 heavy (non-hydrogen) atoms. The van der Waals surface area contributed by atoms with Crippen molar-refractivity contribution in [3.8, 4) is 5.75 Å². The Morgan fingerprint density at radius 3 is 2.48 bits per heavy atom. The number of ether oxygens (including phenoxy) is 1. The molecule has 0 aliphatic heterocycles. The van der Waals surface area contributed by atoms with Gasteiger partial charge >= 0.3 is 0 Å². The summed E-state index contributed by atoms with van der Waals surface area (Å²) in [4.78, 5) is 23.1. The largest absolute Gasteiger partial charge is 0.497 e. The number of amides is 1. The highest BCUT2D eigenvalue weighted by atomic mass is 16.5. The number of hydrogen-bond donors (Lipinski definition) is 1. The lowest BCUT2D eigenvalue weighted by molar-refractivity contribution is 0.102. The molecular formula is C21H22N4O2. The smallest absolute Gasteiger partial charge is 0.275 e. The maximum atomic E-state index is 12.4. The van der Waals surface area contributed by atoms with Crippen molar-refractivity contribution >= 4 is 23.1 Å². The van der Waals surface area contributed by atoms with Gasteiger partial charge in [-0.05, 0) is 55.8 Å². The fourth-order valence-electron chi connectivity index (χ4n) is 2.72. The van der Waals surface area contributed by atoms with Crippen molar-refractivity contribution in [2.75, 3.05) is 23.9 Å². The normalized spacial score (nSPS) is 10.3. The van der Waals surface area contributed by atoms with Crippen LogP contribution in [0, 0.1) is 6.92 Å².